The zero-order valence-electron chi connectivity index (χ0n) is 14.0. The Labute approximate surface area is 145 Å². The zero-order valence-corrected chi connectivity index (χ0v) is 14.8. The number of thiazole rings is 1. The van der Waals surface area contributed by atoms with Gasteiger partial charge in [-0.25, -0.2) is 0 Å². The highest BCUT2D eigenvalue weighted by Gasteiger charge is 2.29. The average Bonchev–Trinajstić information content (AvgIpc) is 3.20. The Bertz CT molecular complexity index is 781. The lowest BCUT2D eigenvalue weighted by molar-refractivity contribution is -0.132. The number of likely N-dealkylation sites (tertiary alicyclic amines) is 1. The second-order valence-corrected chi connectivity index (χ2v) is 6.89. The normalized spacial score (nSPS) is 17.2. The topological polar surface area (TPSA) is 51.5 Å². The third kappa shape index (κ3) is 3.38. The van der Waals surface area contributed by atoms with E-state index in [0.29, 0.717) is 13.0 Å². The van der Waals surface area contributed by atoms with Crippen molar-refractivity contribution >= 4 is 17.2 Å². The van der Waals surface area contributed by atoms with Crippen LogP contribution in [0.2, 0.25) is 0 Å². The molecule has 3 rings (SSSR count). The Kier molecular flexibility index (Phi) is 5.04. The largest absolute Gasteiger partial charge is 0.497 e. The molecule has 1 aliphatic heterocycles. The third-order valence-corrected chi connectivity index (χ3v) is 5.46. The van der Waals surface area contributed by atoms with Crippen LogP contribution in [-0.4, -0.2) is 29.0 Å². The molecule has 6 heteroatoms. The van der Waals surface area contributed by atoms with Crippen LogP contribution in [0, 0.1) is 6.92 Å². The number of amides is 1. The van der Waals surface area contributed by atoms with Gasteiger partial charge in [-0.15, -0.1) is 0 Å². The van der Waals surface area contributed by atoms with E-state index in [-0.39, 0.29) is 16.8 Å². The molecule has 2 heterocycles. The first-order chi connectivity index (χ1) is 11.6. The summed E-state index contributed by atoms with van der Waals surface area (Å²) < 4.78 is 6.97. The number of hydrogen-bond acceptors (Lipinski definition) is 4. The standard InChI is InChI=1S/C18H22N2O3S/c1-13-12-24-18(22)19(13)10-8-17(21)20-9-4-7-16(20)14-5-3-6-15(11-14)23-2/h3,5-6,11-12,16H,4,7-10H2,1-2H3/t16-/m0/s1. The van der Waals surface area contributed by atoms with Crippen molar-refractivity contribution in [3.8, 4) is 5.75 Å². The van der Waals surface area contributed by atoms with Gasteiger partial charge in [0.2, 0.25) is 5.91 Å². The van der Waals surface area contributed by atoms with Crippen molar-refractivity contribution in [1.29, 1.82) is 0 Å². The van der Waals surface area contributed by atoms with E-state index < -0.39 is 0 Å². The van der Waals surface area contributed by atoms with Gasteiger partial charge < -0.3 is 14.2 Å². The number of nitrogens with zero attached hydrogens (tertiary/aromatic N) is 2. The minimum absolute atomic E-state index is 0.00562. The van der Waals surface area contributed by atoms with Crippen LogP contribution in [0.25, 0.3) is 0 Å². The van der Waals surface area contributed by atoms with Crippen molar-refractivity contribution < 1.29 is 9.53 Å². The molecule has 128 valence electrons. The lowest BCUT2D eigenvalue weighted by Crippen LogP contribution is -2.32. The van der Waals surface area contributed by atoms with Gasteiger partial charge in [-0.05, 0) is 37.5 Å². The van der Waals surface area contributed by atoms with Crippen molar-refractivity contribution in [1.82, 2.24) is 9.47 Å². The number of hydrogen-bond donors (Lipinski definition) is 0. The fraction of sp³-hybridized carbons (Fsp3) is 0.444. The van der Waals surface area contributed by atoms with Crippen molar-refractivity contribution in [2.24, 2.45) is 0 Å². The van der Waals surface area contributed by atoms with E-state index in [9.17, 15) is 9.59 Å². The molecule has 0 unspecified atom stereocenters. The zero-order chi connectivity index (χ0) is 17.1. The molecule has 1 amide bonds. The number of aryl methyl sites for hydroxylation is 1. The Balaban J connectivity index is 1.70. The SMILES string of the molecule is COc1cccc([C@@H]2CCCN2C(=O)CCn2c(C)csc2=O)c1. The summed E-state index contributed by atoms with van der Waals surface area (Å²) in [5.41, 5.74) is 2.03. The summed E-state index contributed by atoms with van der Waals surface area (Å²) in [6.45, 7) is 3.13. The van der Waals surface area contributed by atoms with Gasteiger partial charge in [0.15, 0.2) is 0 Å². The minimum atomic E-state index is 0.00562. The molecule has 0 N–H and O–H groups in total. The first kappa shape index (κ1) is 16.8. The van der Waals surface area contributed by atoms with Crippen molar-refractivity contribution in [2.75, 3.05) is 13.7 Å². The number of aromatic nitrogens is 1. The summed E-state index contributed by atoms with van der Waals surface area (Å²) in [5.74, 6) is 0.921. The fourth-order valence-corrected chi connectivity index (χ4v) is 4.05. The molecule has 0 bridgehead atoms. The van der Waals surface area contributed by atoms with E-state index in [1.54, 1.807) is 11.7 Å². The van der Waals surface area contributed by atoms with E-state index in [4.69, 9.17) is 4.74 Å². The number of ether oxygens (including phenoxy) is 1. The van der Waals surface area contributed by atoms with Gasteiger partial charge in [0.05, 0.1) is 13.2 Å². The Morgan fingerprint density at radius 3 is 2.96 bits per heavy atom. The quantitative estimate of drug-likeness (QED) is 0.836. The maximum Gasteiger partial charge on any atom is 0.307 e. The summed E-state index contributed by atoms with van der Waals surface area (Å²) >= 11 is 1.19. The van der Waals surface area contributed by atoms with E-state index in [0.717, 1.165) is 36.4 Å². The summed E-state index contributed by atoms with van der Waals surface area (Å²) in [6, 6.07) is 8.03. The van der Waals surface area contributed by atoms with E-state index in [2.05, 4.69) is 0 Å². The van der Waals surface area contributed by atoms with Gasteiger partial charge >= 0.3 is 4.87 Å². The molecule has 0 aliphatic carbocycles. The Morgan fingerprint density at radius 2 is 2.25 bits per heavy atom. The number of rotatable bonds is 5. The monoisotopic (exact) mass is 346 g/mol. The van der Waals surface area contributed by atoms with Crippen molar-refractivity contribution in [3.05, 3.63) is 50.6 Å². The van der Waals surface area contributed by atoms with Crippen molar-refractivity contribution in [2.45, 2.75) is 38.8 Å². The maximum atomic E-state index is 12.7. The van der Waals surface area contributed by atoms with E-state index in [1.807, 2.05) is 41.5 Å². The Hall–Kier alpha value is -2.08. The maximum absolute atomic E-state index is 12.7. The van der Waals surface area contributed by atoms with Gasteiger partial charge in [0, 0.05) is 30.6 Å². The molecule has 1 saturated heterocycles. The summed E-state index contributed by atoms with van der Waals surface area (Å²) in [4.78, 5) is 26.4. The lowest BCUT2D eigenvalue weighted by Gasteiger charge is -2.25. The molecule has 2 aromatic rings. The van der Waals surface area contributed by atoms with Crippen LogP contribution >= 0.6 is 11.3 Å². The molecule has 0 saturated carbocycles. The molecule has 1 aliphatic rings. The van der Waals surface area contributed by atoms with Crippen LogP contribution in [0.3, 0.4) is 0 Å². The third-order valence-electron chi connectivity index (χ3n) is 4.58. The van der Waals surface area contributed by atoms with Gasteiger partial charge in [0.25, 0.3) is 0 Å². The second kappa shape index (κ2) is 7.21. The van der Waals surface area contributed by atoms with Gasteiger partial charge in [0.1, 0.15) is 5.75 Å². The smallest absolute Gasteiger partial charge is 0.307 e. The summed E-state index contributed by atoms with van der Waals surface area (Å²) in [7, 11) is 1.65. The summed E-state index contributed by atoms with van der Waals surface area (Å²) in [5, 5.41) is 1.84. The molecule has 1 aromatic carbocycles. The van der Waals surface area contributed by atoms with Crippen LogP contribution in [0.5, 0.6) is 5.75 Å². The molecule has 0 radical (unpaired) electrons. The van der Waals surface area contributed by atoms with E-state index in [1.165, 1.54) is 11.3 Å². The van der Waals surface area contributed by atoms with Gasteiger partial charge in [-0.3, -0.25) is 9.59 Å². The molecule has 1 fully saturated rings. The predicted molar refractivity (Wildman–Crippen MR) is 94.6 cm³/mol. The Morgan fingerprint density at radius 1 is 1.42 bits per heavy atom. The van der Waals surface area contributed by atoms with Crippen LogP contribution < -0.4 is 9.61 Å². The van der Waals surface area contributed by atoms with E-state index >= 15 is 0 Å². The average molecular weight is 346 g/mol. The molecule has 24 heavy (non-hydrogen) atoms. The predicted octanol–water partition coefficient (Wildman–Crippen LogP) is 2.98. The number of carbonyl (C=O) groups is 1. The van der Waals surface area contributed by atoms with Gasteiger partial charge in [-0.1, -0.05) is 23.5 Å². The minimum Gasteiger partial charge on any atom is -0.497 e. The molecular weight excluding hydrogens is 324 g/mol. The molecular formula is C18H22N2O3S. The molecule has 0 spiro atoms. The second-order valence-electron chi connectivity index (χ2n) is 6.07. The fourth-order valence-electron chi connectivity index (χ4n) is 3.29. The first-order valence-electron chi connectivity index (χ1n) is 8.18. The summed E-state index contributed by atoms with van der Waals surface area (Å²) in [6.07, 6.45) is 2.33. The lowest BCUT2D eigenvalue weighted by atomic mass is 10.0. The van der Waals surface area contributed by atoms with Crippen LogP contribution in [0.15, 0.2) is 34.4 Å². The van der Waals surface area contributed by atoms with Crippen LogP contribution in [0.1, 0.15) is 36.6 Å². The number of carbonyl (C=O) groups excluding carboxylic acids is 1. The highest BCUT2D eigenvalue weighted by atomic mass is 32.1. The van der Waals surface area contributed by atoms with Crippen molar-refractivity contribution in [3.63, 3.8) is 0 Å². The highest BCUT2D eigenvalue weighted by Crippen LogP contribution is 2.33. The van der Waals surface area contributed by atoms with Gasteiger partial charge in [-0.2, -0.15) is 0 Å². The number of methoxy groups -OCH3 is 1. The molecule has 5 nitrogen and oxygen atoms in total. The highest BCUT2D eigenvalue weighted by molar-refractivity contribution is 7.07. The first-order valence-corrected chi connectivity index (χ1v) is 9.06. The molecule has 1 atom stereocenters. The van der Waals surface area contributed by atoms with Crippen LogP contribution in [0.4, 0.5) is 0 Å². The van der Waals surface area contributed by atoms with Crippen LogP contribution in [-0.2, 0) is 11.3 Å². The molecule has 1 aromatic heterocycles. The number of benzene rings is 1.